The predicted octanol–water partition coefficient (Wildman–Crippen LogP) is 0.593. The van der Waals surface area contributed by atoms with Crippen molar-refractivity contribution in [3.8, 4) is 0 Å². The Balaban J connectivity index is 1.73. The van der Waals surface area contributed by atoms with Gasteiger partial charge in [-0.2, -0.15) is 0 Å². The zero-order valence-electron chi connectivity index (χ0n) is 14.1. The van der Waals surface area contributed by atoms with Gasteiger partial charge in [-0.25, -0.2) is 4.68 Å². The van der Waals surface area contributed by atoms with Crippen LogP contribution in [0.1, 0.15) is 19.8 Å². The number of amides is 1. The number of fused-ring (bicyclic) bond motifs is 1. The zero-order chi connectivity index (χ0) is 17.8. The van der Waals surface area contributed by atoms with Crippen molar-refractivity contribution in [2.24, 2.45) is 5.92 Å². The van der Waals surface area contributed by atoms with Crippen LogP contribution < -0.4 is 5.56 Å². The molecule has 2 aromatic rings. The Labute approximate surface area is 144 Å². The quantitative estimate of drug-likeness (QED) is 0.754. The SMILES string of the molecule is CCOC(=O)[C@H]1CCCN(C(=O)Cn2nnc3ccccc3c2=O)C1. The number of piperidine rings is 1. The Morgan fingerprint density at radius 3 is 2.92 bits per heavy atom. The lowest BCUT2D eigenvalue weighted by atomic mass is 9.98. The summed E-state index contributed by atoms with van der Waals surface area (Å²) in [6, 6.07) is 6.87. The number of likely N-dealkylation sites (tertiary alicyclic amines) is 1. The normalized spacial score (nSPS) is 17.5. The molecule has 0 bridgehead atoms. The molecule has 0 spiro atoms. The molecule has 1 aliphatic heterocycles. The summed E-state index contributed by atoms with van der Waals surface area (Å²) in [5.74, 6) is -0.833. The van der Waals surface area contributed by atoms with Crippen LogP contribution in [0.2, 0.25) is 0 Å². The zero-order valence-corrected chi connectivity index (χ0v) is 14.1. The van der Waals surface area contributed by atoms with Crippen LogP contribution in [0.3, 0.4) is 0 Å². The van der Waals surface area contributed by atoms with Gasteiger partial charge in [0, 0.05) is 13.1 Å². The molecule has 0 saturated carbocycles. The molecule has 25 heavy (non-hydrogen) atoms. The van der Waals surface area contributed by atoms with Gasteiger partial charge in [-0.1, -0.05) is 17.3 Å². The first-order chi connectivity index (χ1) is 12.1. The van der Waals surface area contributed by atoms with Gasteiger partial charge in [0.25, 0.3) is 5.56 Å². The summed E-state index contributed by atoms with van der Waals surface area (Å²) >= 11 is 0. The summed E-state index contributed by atoms with van der Waals surface area (Å²) in [6.45, 7) is 2.77. The number of benzene rings is 1. The molecule has 0 unspecified atom stereocenters. The third-order valence-electron chi connectivity index (χ3n) is 4.31. The third-order valence-corrected chi connectivity index (χ3v) is 4.31. The van der Waals surface area contributed by atoms with E-state index in [0.29, 0.717) is 37.0 Å². The van der Waals surface area contributed by atoms with Crippen molar-refractivity contribution in [1.29, 1.82) is 0 Å². The number of esters is 1. The Morgan fingerprint density at radius 1 is 1.32 bits per heavy atom. The molecule has 0 aliphatic carbocycles. The Bertz CT molecular complexity index is 848. The van der Waals surface area contributed by atoms with E-state index in [0.717, 1.165) is 11.1 Å². The van der Waals surface area contributed by atoms with Crippen molar-refractivity contribution >= 4 is 22.8 Å². The van der Waals surface area contributed by atoms with Crippen LogP contribution in [-0.2, 0) is 20.9 Å². The minimum atomic E-state index is -0.349. The Morgan fingerprint density at radius 2 is 2.12 bits per heavy atom. The molecule has 3 rings (SSSR count). The highest BCUT2D eigenvalue weighted by Crippen LogP contribution is 2.18. The molecule has 0 N–H and O–H groups in total. The summed E-state index contributed by atoms with van der Waals surface area (Å²) in [7, 11) is 0. The van der Waals surface area contributed by atoms with Gasteiger partial charge in [0.15, 0.2) is 0 Å². The number of ether oxygens (including phenoxy) is 1. The maximum atomic E-state index is 12.5. The average molecular weight is 344 g/mol. The molecule has 8 nitrogen and oxygen atoms in total. The van der Waals surface area contributed by atoms with Gasteiger partial charge < -0.3 is 9.64 Å². The first kappa shape index (κ1) is 17.1. The largest absolute Gasteiger partial charge is 0.466 e. The van der Waals surface area contributed by atoms with Gasteiger partial charge in [0.1, 0.15) is 12.1 Å². The maximum absolute atomic E-state index is 12.5. The number of carbonyl (C=O) groups is 2. The fourth-order valence-electron chi connectivity index (χ4n) is 3.01. The van der Waals surface area contributed by atoms with Gasteiger partial charge >= 0.3 is 5.97 Å². The second kappa shape index (κ2) is 7.42. The molecule has 1 atom stereocenters. The predicted molar refractivity (Wildman–Crippen MR) is 89.7 cm³/mol. The topological polar surface area (TPSA) is 94.4 Å². The van der Waals surface area contributed by atoms with Crippen molar-refractivity contribution in [3.05, 3.63) is 34.6 Å². The molecule has 1 aromatic carbocycles. The van der Waals surface area contributed by atoms with Crippen LogP contribution in [-0.4, -0.2) is 51.5 Å². The van der Waals surface area contributed by atoms with Gasteiger partial charge in [-0.15, -0.1) is 5.10 Å². The number of hydrogen-bond acceptors (Lipinski definition) is 6. The van der Waals surface area contributed by atoms with Gasteiger partial charge in [0.05, 0.1) is 17.9 Å². The van der Waals surface area contributed by atoms with Crippen molar-refractivity contribution < 1.29 is 14.3 Å². The van der Waals surface area contributed by atoms with E-state index in [9.17, 15) is 14.4 Å². The monoisotopic (exact) mass is 344 g/mol. The summed E-state index contributed by atoms with van der Waals surface area (Å²) in [4.78, 5) is 38.4. The van der Waals surface area contributed by atoms with E-state index in [-0.39, 0.29) is 29.9 Å². The summed E-state index contributed by atoms with van der Waals surface area (Å²) in [5.41, 5.74) is 0.148. The Hall–Kier alpha value is -2.77. The lowest BCUT2D eigenvalue weighted by molar-refractivity contribution is -0.151. The van der Waals surface area contributed by atoms with Crippen LogP contribution in [0.15, 0.2) is 29.1 Å². The van der Waals surface area contributed by atoms with Crippen molar-refractivity contribution in [2.75, 3.05) is 19.7 Å². The standard InChI is InChI=1S/C17H20N4O4/c1-2-25-17(24)12-6-5-9-20(10-12)15(22)11-21-16(23)13-7-3-4-8-14(13)18-19-21/h3-4,7-8,12H,2,5-6,9-11H2,1H3/t12-/m0/s1. The fraction of sp³-hybridized carbons (Fsp3) is 0.471. The fourth-order valence-corrected chi connectivity index (χ4v) is 3.01. The van der Waals surface area contributed by atoms with Crippen molar-refractivity contribution in [2.45, 2.75) is 26.3 Å². The van der Waals surface area contributed by atoms with E-state index < -0.39 is 0 Å². The van der Waals surface area contributed by atoms with Gasteiger partial charge in [-0.3, -0.25) is 14.4 Å². The number of aromatic nitrogens is 3. The number of nitrogens with zero attached hydrogens (tertiary/aromatic N) is 4. The smallest absolute Gasteiger partial charge is 0.310 e. The molecule has 1 amide bonds. The molecular formula is C17H20N4O4. The van der Waals surface area contributed by atoms with E-state index in [2.05, 4.69) is 10.3 Å². The average Bonchev–Trinajstić information content (AvgIpc) is 2.64. The third kappa shape index (κ3) is 3.67. The minimum Gasteiger partial charge on any atom is -0.466 e. The molecule has 0 radical (unpaired) electrons. The Kier molecular flexibility index (Phi) is 5.06. The lowest BCUT2D eigenvalue weighted by Gasteiger charge is -2.31. The second-order valence-electron chi connectivity index (χ2n) is 6.00. The van der Waals surface area contributed by atoms with Crippen LogP contribution >= 0.6 is 0 Å². The molecule has 1 fully saturated rings. The van der Waals surface area contributed by atoms with Crippen molar-refractivity contribution in [1.82, 2.24) is 19.9 Å². The van der Waals surface area contributed by atoms with Crippen LogP contribution in [0.25, 0.3) is 10.9 Å². The highest BCUT2D eigenvalue weighted by Gasteiger charge is 2.29. The maximum Gasteiger partial charge on any atom is 0.310 e. The van der Waals surface area contributed by atoms with E-state index in [1.165, 1.54) is 0 Å². The highest BCUT2D eigenvalue weighted by atomic mass is 16.5. The van der Waals surface area contributed by atoms with E-state index in [1.807, 2.05) is 0 Å². The van der Waals surface area contributed by atoms with Crippen molar-refractivity contribution in [3.63, 3.8) is 0 Å². The lowest BCUT2D eigenvalue weighted by Crippen LogP contribution is -2.45. The second-order valence-corrected chi connectivity index (χ2v) is 6.00. The number of carbonyl (C=O) groups excluding carboxylic acids is 2. The number of hydrogen-bond donors (Lipinski definition) is 0. The summed E-state index contributed by atoms with van der Waals surface area (Å²) in [5, 5.41) is 8.24. The highest BCUT2D eigenvalue weighted by molar-refractivity contribution is 5.79. The molecular weight excluding hydrogens is 324 g/mol. The van der Waals surface area contributed by atoms with Crippen LogP contribution in [0.5, 0.6) is 0 Å². The van der Waals surface area contributed by atoms with E-state index >= 15 is 0 Å². The molecule has 1 saturated heterocycles. The molecule has 1 aliphatic rings. The van der Waals surface area contributed by atoms with Crippen LogP contribution in [0.4, 0.5) is 0 Å². The van der Waals surface area contributed by atoms with E-state index in [4.69, 9.17) is 4.74 Å². The molecule has 132 valence electrons. The number of rotatable bonds is 4. The van der Waals surface area contributed by atoms with Gasteiger partial charge in [-0.05, 0) is 31.9 Å². The molecule has 8 heteroatoms. The summed E-state index contributed by atoms with van der Waals surface area (Å²) in [6.07, 6.45) is 1.44. The molecule has 2 heterocycles. The summed E-state index contributed by atoms with van der Waals surface area (Å²) < 4.78 is 6.11. The van der Waals surface area contributed by atoms with Gasteiger partial charge in [0.2, 0.25) is 5.91 Å². The first-order valence-corrected chi connectivity index (χ1v) is 8.37. The van der Waals surface area contributed by atoms with Crippen LogP contribution in [0, 0.1) is 5.92 Å². The van der Waals surface area contributed by atoms with E-state index in [1.54, 1.807) is 36.1 Å². The first-order valence-electron chi connectivity index (χ1n) is 8.37. The molecule has 1 aromatic heterocycles. The minimum absolute atomic E-state index is 0.188.